The van der Waals surface area contributed by atoms with Gasteiger partial charge in [-0.25, -0.2) is 0 Å². The first-order valence-corrected chi connectivity index (χ1v) is 8.62. The highest BCUT2D eigenvalue weighted by atomic mass is 16.4. The van der Waals surface area contributed by atoms with Crippen LogP contribution in [0.25, 0.3) is 0 Å². The second-order valence-corrected chi connectivity index (χ2v) is 6.82. The molecule has 1 saturated carbocycles. The number of amides is 1. The zero-order valence-electron chi connectivity index (χ0n) is 13.3. The van der Waals surface area contributed by atoms with Crippen LogP contribution in [0.4, 0.5) is 0 Å². The molecule has 1 aliphatic heterocycles. The normalized spacial score (nSPS) is 26.1. The van der Waals surface area contributed by atoms with Crippen LogP contribution in [0.3, 0.4) is 0 Å². The van der Waals surface area contributed by atoms with Gasteiger partial charge in [0, 0.05) is 19.0 Å². The van der Waals surface area contributed by atoms with E-state index in [1.54, 1.807) is 0 Å². The molecule has 1 N–H and O–H groups in total. The Morgan fingerprint density at radius 2 is 1.76 bits per heavy atom. The largest absolute Gasteiger partial charge is 0.481 e. The second kappa shape index (κ2) is 7.28. The molecule has 0 aromatic carbocycles. The number of carboxylic acids is 1. The van der Waals surface area contributed by atoms with Gasteiger partial charge in [0.15, 0.2) is 0 Å². The summed E-state index contributed by atoms with van der Waals surface area (Å²) in [5.41, 5.74) is -0.802. The van der Waals surface area contributed by atoms with Crippen LogP contribution in [-0.4, -0.2) is 34.5 Å². The van der Waals surface area contributed by atoms with E-state index in [2.05, 4.69) is 6.92 Å². The Morgan fingerprint density at radius 1 is 1.10 bits per heavy atom. The smallest absolute Gasteiger partial charge is 0.310 e. The van der Waals surface area contributed by atoms with E-state index >= 15 is 0 Å². The molecule has 1 saturated heterocycles. The van der Waals surface area contributed by atoms with Crippen LogP contribution in [-0.2, 0) is 9.59 Å². The number of hydrogen-bond acceptors (Lipinski definition) is 2. The van der Waals surface area contributed by atoms with Crippen molar-refractivity contribution in [3.63, 3.8) is 0 Å². The van der Waals surface area contributed by atoms with Crippen molar-refractivity contribution in [1.82, 2.24) is 4.90 Å². The fourth-order valence-electron chi connectivity index (χ4n) is 4.02. The Kier molecular flexibility index (Phi) is 5.65. The number of carbonyl (C=O) groups is 2. The summed E-state index contributed by atoms with van der Waals surface area (Å²) in [4.78, 5) is 26.5. The van der Waals surface area contributed by atoms with E-state index in [0.717, 1.165) is 51.5 Å². The highest BCUT2D eigenvalue weighted by Gasteiger charge is 2.42. The van der Waals surface area contributed by atoms with E-state index in [-0.39, 0.29) is 12.3 Å². The molecule has 0 radical (unpaired) electrons. The number of carbonyl (C=O) groups excluding carboxylic acids is 1. The summed E-state index contributed by atoms with van der Waals surface area (Å²) < 4.78 is 0. The van der Waals surface area contributed by atoms with Crippen molar-refractivity contribution in [3.8, 4) is 0 Å². The maximum Gasteiger partial charge on any atom is 0.310 e. The standard InChI is InChI=1S/C17H29NO3/c1-2-14-9-5-8-12-18(14)15(19)13-17(16(20)21)10-6-3-4-7-11-17/h14H,2-13H2,1H3,(H,20,21). The third-order valence-electron chi connectivity index (χ3n) is 5.42. The zero-order valence-corrected chi connectivity index (χ0v) is 13.3. The average molecular weight is 295 g/mol. The zero-order chi connectivity index (χ0) is 15.3. The summed E-state index contributed by atoms with van der Waals surface area (Å²) in [5, 5.41) is 9.71. The molecule has 2 fully saturated rings. The summed E-state index contributed by atoms with van der Waals surface area (Å²) >= 11 is 0. The maximum absolute atomic E-state index is 12.7. The second-order valence-electron chi connectivity index (χ2n) is 6.82. The molecule has 4 heteroatoms. The van der Waals surface area contributed by atoms with Crippen LogP contribution in [0.1, 0.15) is 77.6 Å². The molecule has 0 spiro atoms. The number of likely N-dealkylation sites (tertiary alicyclic amines) is 1. The molecule has 4 nitrogen and oxygen atoms in total. The third kappa shape index (κ3) is 3.78. The first-order valence-electron chi connectivity index (χ1n) is 8.62. The van der Waals surface area contributed by atoms with Crippen LogP contribution in [0.5, 0.6) is 0 Å². The van der Waals surface area contributed by atoms with Gasteiger partial charge in [-0.2, -0.15) is 0 Å². The monoisotopic (exact) mass is 295 g/mol. The van der Waals surface area contributed by atoms with Crippen molar-refractivity contribution in [1.29, 1.82) is 0 Å². The highest BCUT2D eigenvalue weighted by molar-refractivity contribution is 5.85. The van der Waals surface area contributed by atoms with Gasteiger partial charge in [0.2, 0.25) is 5.91 Å². The molecule has 0 bridgehead atoms. The SMILES string of the molecule is CCC1CCCCN1C(=O)CC1(C(=O)O)CCCCCC1. The van der Waals surface area contributed by atoms with E-state index in [1.807, 2.05) is 4.90 Å². The van der Waals surface area contributed by atoms with Crippen molar-refractivity contribution < 1.29 is 14.7 Å². The van der Waals surface area contributed by atoms with E-state index in [1.165, 1.54) is 6.42 Å². The molecular formula is C17H29NO3. The topological polar surface area (TPSA) is 57.6 Å². The molecule has 1 amide bonds. The number of aliphatic carboxylic acids is 1. The van der Waals surface area contributed by atoms with Gasteiger partial charge in [-0.1, -0.05) is 32.6 Å². The summed E-state index contributed by atoms with van der Waals surface area (Å²) in [6.07, 6.45) is 9.92. The minimum atomic E-state index is -0.802. The van der Waals surface area contributed by atoms with Gasteiger partial charge in [0.25, 0.3) is 0 Å². The minimum Gasteiger partial charge on any atom is -0.481 e. The molecule has 1 heterocycles. The van der Waals surface area contributed by atoms with Crippen molar-refractivity contribution in [2.75, 3.05) is 6.54 Å². The predicted molar refractivity (Wildman–Crippen MR) is 82.0 cm³/mol. The molecule has 120 valence electrons. The van der Waals surface area contributed by atoms with Gasteiger partial charge in [-0.05, 0) is 38.5 Å². The Hall–Kier alpha value is -1.06. The van der Waals surface area contributed by atoms with Crippen LogP contribution in [0, 0.1) is 5.41 Å². The number of hydrogen-bond donors (Lipinski definition) is 1. The van der Waals surface area contributed by atoms with Crippen LogP contribution in [0.15, 0.2) is 0 Å². The maximum atomic E-state index is 12.7. The van der Waals surface area contributed by atoms with Gasteiger partial charge < -0.3 is 10.0 Å². The van der Waals surface area contributed by atoms with E-state index in [9.17, 15) is 14.7 Å². The van der Waals surface area contributed by atoms with Crippen LogP contribution >= 0.6 is 0 Å². The van der Waals surface area contributed by atoms with E-state index < -0.39 is 11.4 Å². The first-order chi connectivity index (χ1) is 10.1. The summed E-state index contributed by atoms with van der Waals surface area (Å²) in [7, 11) is 0. The molecule has 21 heavy (non-hydrogen) atoms. The lowest BCUT2D eigenvalue weighted by Gasteiger charge is -2.38. The Labute approximate surface area is 127 Å². The number of rotatable bonds is 4. The number of piperidine rings is 1. The Bertz CT molecular complexity index is 372. The molecule has 2 aliphatic rings. The summed E-state index contributed by atoms with van der Waals surface area (Å²) in [6, 6.07) is 0.322. The molecular weight excluding hydrogens is 266 g/mol. The third-order valence-corrected chi connectivity index (χ3v) is 5.42. The van der Waals surface area contributed by atoms with Crippen LogP contribution < -0.4 is 0 Å². The number of carboxylic acid groups (broad SMARTS) is 1. The lowest BCUT2D eigenvalue weighted by Crippen LogP contribution is -2.46. The quantitative estimate of drug-likeness (QED) is 0.806. The Morgan fingerprint density at radius 3 is 2.33 bits per heavy atom. The molecule has 2 rings (SSSR count). The minimum absolute atomic E-state index is 0.0749. The fraction of sp³-hybridized carbons (Fsp3) is 0.882. The van der Waals surface area contributed by atoms with Gasteiger partial charge >= 0.3 is 5.97 Å². The van der Waals surface area contributed by atoms with E-state index in [4.69, 9.17) is 0 Å². The fourth-order valence-corrected chi connectivity index (χ4v) is 4.02. The lowest BCUT2D eigenvalue weighted by molar-refractivity contribution is -0.155. The van der Waals surface area contributed by atoms with Gasteiger partial charge in [0.05, 0.1) is 5.41 Å². The van der Waals surface area contributed by atoms with Crippen LogP contribution in [0.2, 0.25) is 0 Å². The summed E-state index contributed by atoms with van der Waals surface area (Å²) in [5.74, 6) is -0.686. The molecule has 1 unspecified atom stereocenters. The molecule has 1 aliphatic carbocycles. The summed E-state index contributed by atoms with van der Waals surface area (Å²) in [6.45, 7) is 2.93. The average Bonchev–Trinajstić information content (AvgIpc) is 2.73. The highest BCUT2D eigenvalue weighted by Crippen LogP contribution is 2.39. The molecule has 0 aromatic heterocycles. The number of nitrogens with zero attached hydrogens (tertiary/aromatic N) is 1. The van der Waals surface area contributed by atoms with Crippen molar-refractivity contribution in [2.45, 2.75) is 83.6 Å². The predicted octanol–water partition coefficient (Wildman–Crippen LogP) is 3.59. The Balaban J connectivity index is 2.08. The van der Waals surface area contributed by atoms with Gasteiger partial charge in [0.1, 0.15) is 0 Å². The van der Waals surface area contributed by atoms with Crippen molar-refractivity contribution in [2.24, 2.45) is 5.41 Å². The van der Waals surface area contributed by atoms with E-state index in [0.29, 0.717) is 18.9 Å². The first kappa shape index (κ1) is 16.3. The molecule has 1 atom stereocenters. The lowest BCUT2D eigenvalue weighted by atomic mass is 9.77. The van der Waals surface area contributed by atoms with Gasteiger partial charge in [-0.3, -0.25) is 9.59 Å². The van der Waals surface area contributed by atoms with Crippen molar-refractivity contribution in [3.05, 3.63) is 0 Å². The molecule has 0 aromatic rings. The van der Waals surface area contributed by atoms with Gasteiger partial charge in [-0.15, -0.1) is 0 Å². The van der Waals surface area contributed by atoms with Crippen molar-refractivity contribution >= 4 is 11.9 Å².